The molecule has 2 aromatic rings. The Kier molecular flexibility index (Phi) is 4.57. The van der Waals surface area contributed by atoms with Crippen LogP contribution in [-0.4, -0.2) is 0 Å². The number of nitrogens with zero attached hydrogens (tertiary/aromatic N) is 1. The molecule has 0 saturated carbocycles. The van der Waals surface area contributed by atoms with Crippen LogP contribution in [0.5, 0.6) is 0 Å². The molecule has 0 aliphatic carbocycles. The molecule has 0 fully saturated rings. The van der Waals surface area contributed by atoms with Gasteiger partial charge in [0.25, 0.3) is 0 Å². The summed E-state index contributed by atoms with van der Waals surface area (Å²) in [6, 6.07) is 15.7. The predicted molar refractivity (Wildman–Crippen MR) is 77.9 cm³/mol. The van der Waals surface area contributed by atoms with E-state index in [0.29, 0.717) is 5.56 Å². The van der Waals surface area contributed by atoms with Gasteiger partial charge in [-0.05, 0) is 47.9 Å². The number of nitrogens with one attached hydrogen (secondary N) is 1. The van der Waals surface area contributed by atoms with Crippen molar-refractivity contribution in [3.05, 3.63) is 69.7 Å². The molecular weight excluding hydrogens is 256 g/mol. The van der Waals surface area contributed by atoms with Gasteiger partial charge in [-0.3, -0.25) is 0 Å². The van der Waals surface area contributed by atoms with Crippen LogP contribution >= 0.6 is 11.6 Å². The van der Waals surface area contributed by atoms with Crippen molar-refractivity contribution >= 4 is 11.6 Å². The molecular formula is C16H15ClN2. The van der Waals surface area contributed by atoms with Crippen molar-refractivity contribution < 1.29 is 0 Å². The Morgan fingerprint density at radius 3 is 2.47 bits per heavy atom. The average Bonchev–Trinajstić information content (AvgIpc) is 2.42. The molecule has 0 spiro atoms. The second-order valence-electron chi connectivity index (χ2n) is 4.48. The minimum absolute atomic E-state index is 0.707. The van der Waals surface area contributed by atoms with Gasteiger partial charge in [0.2, 0.25) is 0 Å². The Labute approximate surface area is 118 Å². The molecule has 0 aliphatic rings. The van der Waals surface area contributed by atoms with Crippen LogP contribution < -0.4 is 5.32 Å². The summed E-state index contributed by atoms with van der Waals surface area (Å²) in [4.78, 5) is 0. The van der Waals surface area contributed by atoms with Crippen molar-refractivity contribution in [2.75, 3.05) is 0 Å². The van der Waals surface area contributed by atoms with Crippen LogP contribution in [0.2, 0.25) is 5.02 Å². The van der Waals surface area contributed by atoms with E-state index in [-0.39, 0.29) is 0 Å². The zero-order chi connectivity index (χ0) is 13.7. The van der Waals surface area contributed by atoms with Gasteiger partial charge in [0.05, 0.1) is 11.6 Å². The maximum Gasteiger partial charge on any atom is 0.0991 e. The standard InChI is InChI=1S/C16H15ClN2/c1-12-8-14(9-18)2-5-15(12)11-19-10-13-3-6-16(17)7-4-13/h2-8,19H,10-11H2,1H3. The Bertz CT molecular complexity index is 597. The van der Waals surface area contributed by atoms with Gasteiger partial charge in [-0.1, -0.05) is 29.8 Å². The van der Waals surface area contributed by atoms with E-state index in [4.69, 9.17) is 16.9 Å². The van der Waals surface area contributed by atoms with Gasteiger partial charge in [-0.15, -0.1) is 0 Å². The minimum Gasteiger partial charge on any atom is -0.309 e. The van der Waals surface area contributed by atoms with Crippen LogP contribution in [0.25, 0.3) is 0 Å². The van der Waals surface area contributed by atoms with Gasteiger partial charge in [0.15, 0.2) is 0 Å². The zero-order valence-corrected chi connectivity index (χ0v) is 11.5. The summed E-state index contributed by atoms with van der Waals surface area (Å²) in [5.41, 5.74) is 4.27. The van der Waals surface area contributed by atoms with E-state index in [0.717, 1.165) is 23.7 Å². The maximum absolute atomic E-state index is 8.82. The highest BCUT2D eigenvalue weighted by Crippen LogP contribution is 2.12. The smallest absolute Gasteiger partial charge is 0.0991 e. The molecule has 0 radical (unpaired) electrons. The first-order valence-corrected chi connectivity index (χ1v) is 6.51. The normalized spacial score (nSPS) is 10.2. The third-order valence-electron chi connectivity index (χ3n) is 3.03. The molecule has 0 bridgehead atoms. The molecule has 2 rings (SSSR count). The Morgan fingerprint density at radius 2 is 1.84 bits per heavy atom. The molecule has 2 nitrogen and oxygen atoms in total. The third-order valence-corrected chi connectivity index (χ3v) is 3.28. The highest BCUT2D eigenvalue weighted by molar-refractivity contribution is 6.30. The largest absolute Gasteiger partial charge is 0.309 e. The van der Waals surface area contributed by atoms with Crippen LogP contribution in [0.4, 0.5) is 0 Å². The fourth-order valence-electron chi connectivity index (χ4n) is 1.91. The lowest BCUT2D eigenvalue weighted by molar-refractivity contribution is 0.690. The molecule has 0 atom stereocenters. The summed E-state index contributed by atoms with van der Waals surface area (Å²) in [7, 11) is 0. The molecule has 0 aromatic heterocycles. The monoisotopic (exact) mass is 270 g/mol. The van der Waals surface area contributed by atoms with Crippen molar-refractivity contribution in [3.8, 4) is 6.07 Å². The highest BCUT2D eigenvalue weighted by Gasteiger charge is 2.00. The van der Waals surface area contributed by atoms with E-state index in [1.54, 1.807) is 0 Å². The molecule has 96 valence electrons. The quantitative estimate of drug-likeness (QED) is 0.917. The predicted octanol–water partition coefficient (Wildman–Crippen LogP) is 3.81. The molecule has 19 heavy (non-hydrogen) atoms. The molecule has 0 unspecified atom stereocenters. The summed E-state index contributed by atoms with van der Waals surface area (Å²) in [6.07, 6.45) is 0. The lowest BCUT2D eigenvalue weighted by Gasteiger charge is -2.08. The molecule has 0 saturated heterocycles. The third kappa shape index (κ3) is 3.82. The second kappa shape index (κ2) is 6.38. The molecule has 0 aliphatic heterocycles. The van der Waals surface area contributed by atoms with Crippen LogP contribution in [0.1, 0.15) is 22.3 Å². The van der Waals surface area contributed by atoms with E-state index in [1.807, 2.05) is 49.4 Å². The second-order valence-corrected chi connectivity index (χ2v) is 4.92. The summed E-state index contributed by atoms with van der Waals surface area (Å²) in [6.45, 7) is 3.62. The fraction of sp³-hybridized carbons (Fsp3) is 0.188. The van der Waals surface area contributed by atoms with Gasteiger partial charge in [-0.25, -0.2) is 0 Å². The van der Waals surface area contributed by atoms with Gasteiger partial charge in [0.1, 0.15) is 0 Å². The Hall–Kier alpha value is -1.82. The van der Waals surface area contributed by atoms with E-state index >= 15 is 0 Å². The molecule has 0 amide bonds. The number of nitriles is 1. The van der Waals surface area contributed by atoms with Gasteiger partial charge in [0, 0.05) is 18.1 Å². The van der Waals surface area contributed by atoms with Crippen LogP contribution in [0.3, 0.4) is 0 Å². The Balaban J connectivity index is 1.92. The number of hydrogen-bond acceptors (Lipinski definition) is 2. The molecule has 2 aromatic carbocycles. The van der Waals surface area contributed by atoms with E-state index in [2.05, 4.69) is 11.4 Å². The molecule has 3 heteroatoms. The number of aryl methyl sites for hydroxylation is 1. The summed E-state index contributed by atoms with van der Waals surface area (Å²) >= 11 is 5.84. The van der Waals surface area contributed by atoms with E-state index < -0.39 is 0 Å². The Morgan fingerprint density at radius 1 is 1.11 bits per heavy atom. The highest BCUT2D eigenvalue weighted by atomic mass is 35.5. The fourth-order valence-corrected chi connectivity index (χ4v) is 2.03. The maximum atomic E-state index is 8.82. The average molecular weight is 271 g/mol. The summed E-state index contributed by atoms with van der Waals surface area (Å²) in [5, 5.41) is 13.0. The molecule has 1 N–H and O–H groups in total. The topological polar surface area (TPSA) is 35.8 Å². The lowest BCUT2D eigenvalue weighted by atomic mass is 10.1. The van der Waals surface area contributed by atoms with Crippen LogP contribution in [0, 0.1) is 18.3 Å². The van der Waals surface area contributed by atoms with Gasteiger partial charge >= 0.3 is 0 Å². The van der Waals surface area contributed by atoms with Crippen molar-refractivity contribution in [3.63, 3.8) is 0 Å². The van der Waals surface area contributed by atoms with Gasteiger partial charge < -0.3 is 5.32 Å². The van der Waals surface area contributed by atoms with Crippen molar-refractivity contribution in [2.45, 2.75) is 20.0 Å². The number of halogens is 1. The first-order valence-electron chi connectivity index (χ1n) is 6.14. The zero-order valence-electron chi connectivity index (χ0n) is 10.8. The first kappa shape index (κ1) is 13.6. The minimum atomic E-state index is 0.707. The SMILES string of the molecule is Cc1cc(C#N)ccc1CNCc1ccc(Cl)cc1. The number of hydrogen-bond donors (Lipinski definition) is 1. The van der Waals surface area contributed by atoms with Crippen LogP contribution in [0.15, 0.2) is 42.5 Å². The van der Waals surface area contributed by atoms with E-state index in [1.165, 1.54) is 11.1 Å². The van der Waals surface area contributed by atoms with Crippen LogP contribution in [-0.2, 0) is 13.1 Å². The van der Waals surface area contributed by atoms with Crippen molar-refractivity contribution in [2.24, 2.45) is 0 Å². The van der Waals surface area contributed by atoms with E-state index in [9.17, 15) is 0 Å². The van der Waals surface area contributed by atoms with Crippen molar-refractivity contribution in [1.82, 2.24) is 5.32 Å². The summed E-state index contributed by atoms with van der Waals surface area (Å²) < 4.78 is 0. The summed E-state index contributed by atoms with van der Waals surface area (Å²) in [5.74, 6) is 0. The number of rotatable bonds is 4. The van der Waals surface area contributed by atoms with Crippen molar-refractivity contribution in [1.29, 1.82) is 5.26 Å². The number of benzene rings is 2. The lowest BCUT2D eigenvalue weighted by Crippen LogP contribution is -2.13. The molecule has 0 heterocycles. The first-order chi connectivity index (χ1) is 9.19. The van der Waals surface area contributed by atoms with Gasteiger partial charge in [-0.2, -0.15) is 5.26 Å².